The number of methoxy groups -OCH3 is 1. The van der Waals surface area contributed by atoms with Crippen LogP contribution in [-0.4, -0.2) is 40.7 Å². The minimum Gasteiger partial charge on any atom is -0.506 e. The largest absolute Gasteiger partial charge is 0.506 e. The molecule has 1 fully saturated rings. The number of carbonyl (C=O) groups is 3. The number of carbonyl (C=O) groups excluding carboxylic acids is 3. The predicted molar refractivity (Wildman–Crippen MR) is 107 cm³/mol. The summed E-state index contributed by atoms with van der Waals surface area (Å²) in [6, 6.07) is 11.2. The van der Waals surface area contributed by atoms with E-state index in [0.29, 0.717) is 17.0 Å². The molecule has 0 spiro atoms. The quantitative estimate of drug-likeness (QED) is 0.718. The average molecular weight is 419 g/mol. The van der Waals surface area contributed by atoms with Crippen LogP contribution >= 0.6 is 23.4 Å². The molecule has 1 heterocycles. The van der Waals surface area contributed by atoms with Crippen LogP contribution in [0.3, 0.4) is 0 Å². The van der Waals surface area contributed by atoms with E-state index in [1.54, 1.807) is 30.3 Å². The average Bonchev–Trinajstić information content (AvgIpc) is 2.92. The minimum atomic E-state index is -0.575. The van der Waals surface area contributed by atoms with Gasteiger partial charge in [0.1, 0.15) is 18.0 Å². The number of hydrogen-bond acceptors (Lipinski definition) is 6. The van der Waals surface area contributed by atoms with E-state index in [-0.39, 0.29) is 15.7 Å². The Labute approximate surface area is 169 Å². The number of rotatable bonds is 5. The van der Waals surface area contributed by atoms with E-state index in [4.69, 9.17) is 16.3 Å². The van der Waals surface area contributed by atoms with Crippen LogP contribution in [0.4, 0.5) is 10.5 Å². The fourth-order valence-electron chi connectivity index (χ4n) is 2.48. The third kappa shape index (κ3) is 4.29. The van der Waals surface area contributed by atoms with Gasteiger partial charge in [-0.2, -0.15) is 0 Å². The molecule has 1 aliphatic rings. The Hall–Kier alpha value is -2.97. The van der Waals surface area contributed by atoms with E-state index >= 15 is 0 Å². The van der Waals surface area contributed by atoms with E-state index < -0.39 is 23.6 Å². The molecule has 0 unspecified atom stereocenters. The summed E-state index contributed by atoms with van der Waals surface area (Å²) in [5.41, 5.74) is 0.989. The molecule has 2 aromatic rings. The number of nitrogens with zero attached hydrogens (tertiary/aromatic N) is 1. The number of anilines is 1. The summed E-state index contributed by atoms with van der Waals surface area (Å²) in [5, 5.41) is 11.7. The number of thioether (sulfide) groups is 1. The Balaban J connectivity index is 1.72. The van der Waals surface area contributed by atoms with Gasteiger partial charge < -0.3 is 15.2 Å². The van der Waals surface area contributed by atoms with Crippen molar-refractivity contribution >= 4 is 52.2 Å². The molecule has 0 bridgehead atoms. The number of nitrogens with one attached hydrogen (secondary N) is 1. The number of imide groups is 1. The van der Waals surface area contributed by atoms with Gasteiger partial charge >= 0.3 is 0 Å². The van der Waals surface area contributed by atoms with Crippen molar-refractivity contribution in [1.82, 2.24) is 4.90 Å². The number of phenolic OH excluding ortho intramolecular Hbond substituents is 1. The SMILES string of the molecule is COc1ccccc1NC(=O)CN1C(=O)S/C(=C\c2ccc(O)c(Cl)c2)C1=O. The molecule has 2 N–H and O–H groups in total. The molecule has 1 saturated heterocycles. The van der Waals surface area contributed by atoms with E-state index in [0.717, 1.165) is 16.7 Å². The standard InChI is InChI=1S/C19H15ClN2O5S/c1-27-15-5-3-2-4-13(15)21-17(24)10-22-18(25)16(28-19(22)26)9-11-6-7-14(23)12(20)8-11/h2-9,23H,10H2,1H3,(H,21,24)/b16-9-. The first-order chi connectivity index (χ1) is 13.4. The van der Waals surface area contributed by atoms with Gasteiger partial charge in [0.25, 0.3) is 11.1 Å². The molecule has 144 valence electrons. The van der Waals surface area contributed by atoms with Gasteiger partial charge in [-0.25, -0.2) is 0 Å². The molecular formula is C19H15ClN2O5S. The number of hydrogen-bond donors (Lipinski definition) is 2. The summed E-state index contributed by atoms with van der Waals surface area (Å²) in [7, 11) is 1.47. The lowest BCUT2D eigenvalue weighted by atomic mass is 10.2. The molecule has 2 aromatic carbocycles. The maximum Gasteiger partial charge on any atom is 0.294 e. The lowest BCUT2D eigenvalue weighted by Crippen LogP contribution is -2.36. The third-order valence-electron chi connectivity index (χ3n) is 3.83. The van der Waals surface area contributed by atoms with Crippen molar-refractivity contribution in [2.24, 2.45) is 0 Å². The van der Waals surface area contributed by atoms with Crippen LogP contribution in [-0.2, 0) is 9.59 Å². The highest BCUT2D eigenvalue weighted by Gasteiger charge is 2.36. The van der Waals surface area contributed by atoms with Crippen molar-refractivity contribution < 1.29 is 24.2 Å². The minimum absolute atomic E-state index is 0.0834. The second-order valence-corrected chi connectivity index (χ2v) is 7.13. The zero-order valence-electron chi connectivity index (χ0n) is 14.6. The summed E-state index contributed by atoms with van der Waals surface area (Å²) in [6.07, 6.45) is 1.48. The fourth-order valence-corrected chi connectivity index (χ4v) is 3.51. The lowest BCUT2D eigenvalue weighted by molar-refractivity contribution is -0.127. The number of amides is 3. The maximum atomic E-state index is 12.5. The second kappa shape index (κ2) is 8.37. The van der Waals surface area contributed by atoms with Gasteiger partial charge in [-0.15, -0.1) is 0 Å². The van der Waals surface area contributed by atoms with Gasteiger partial charge in [0.15, 0.2) is 0 Å². The van der Waals surface area contributed by atoms with Crippen LogP contribution in [0, 0.1) is 0 Å². The van der Waals surface area contributed by atoms with E-state index in [1.807, 2.05) is 0 Å². The zero-order valence-corrected chi connectivity index (χ0v) is 16.2. The number of para-hydroxylation sites is 2. The van der Waals surface area contributed by atoms with Crippen LogP contribution in [0.25, 0.3) is 6.08 Å². The Morgan fingerprint density at radius 2 is 2.04 bits per heavy atom. The van der Waals surface area contributed by atoms with Gasteiger partial charge in [0.2, 0.25) is 5.91 Å². The van der Waals surface area contributed by atoms with Crippen molar-refractivity contribution in [2.45, 2.75) is 0 Å². The molecule has 28 heavy (non-hydrogen) atoms. The van der Waals surface area contributed by atoms with Crippen molar-refractivity contribution in [3.05, 3.63) is 58.0 Å². The van der Waals surface area contributed by atoms with Crippen LogP contribution in [0.1, 0.15) is 5.56 Å². The highest BCUT2D eigenvalue weighted by Crippen LogP contribution is 2.33. The molecule has 0 aromatic heterocycles. The summed E-state index contributed by atoms with van der Waals surface area (Å²) < 4.78 is 5.16. The number of halogens is 1. The zero-order chi connectivity index (χ0) is 20.3. The Bertz CT molecular complexity index is 992. The molecule has 0 atom stereocenters. The van der Waals surface area contributed by atoms with Crippen LogP contribution in [0.15, 0.2) is 47.4 Å². The second-order valence-electron chi connectivity index (χ2n) is 5.73. The topological polar surface area (TPSA) is 95.9 Å². The molecule has 0 saturated carbocycles. The first-order valence-corrected chi connectivity index (χ1v) is 9.25. The maximum absolute atomic E-state index is 12.5. The number of benzene rings is 2. The van der Waals surface area contributed by atoms with Gasteiger partial charge in [-0.05, 0) is 47.7 Å². The van der Waals surface area contributed by atoms with Gasteiger partial charge in [0.05, 0.1) is 22.7 Å². The Morgan fingerprint density at radius 3 is 2.75 bits per heavy atom. The first-order valence-electron chi connectivity index (χ1n) is 8.06. The van der Waals surface area contributed by atoms with Gasteiger partial charge in [0, 0.05) is 0 Å². The number of phenols is 1. The molecule has 9 heteroatoms. The molecule has 1 aliphatic heterocycles. The molecular weight excluding hydrogens is 404 g/mol. The molecule has 3 rings (SSSR count). The van der Waals surface area contributed by atoms with Crippen molar-refractivity contribution in [3.8, 4) is 11.5 Å². The molecule has 0 radical (unpaired) electrons. The summed E-state index contributed by atoms with van der Waals surface area (Å²) >= 11 is 6.58. The normalized spacial score (nSPS) is 15.2. The summed E-state index contributed by atoms with van der Waals surface area (Å²) in [6.45, 7) is -0.420. The summed E-state index contributed by atoms with van der Waals surface area (Å²) in [4.78, 5) is 38.0. The van der Waals surface area contributed by atoms with Gasteiger partial charge in [-0.3, -0.25) is 19.3 Å². The molecule has 0 aliphatic carbocycles. The molecule has 7 nitrogen and oxygen atoms in total. The van der Waals surface area contributed by atoms with Gasteiger partial charge in [-0.1, -0.05) is 29.8 Å². The van der Waals surface area contributed by atoms with E-state index in [1.165, 1.54) is 25.3 Å². The van der Waals surface area contributed by atoms with Crippen LogP contribution in [0.5, 0.6) is 11.5 Å². The highest BCUT2D eigenvalue weighted by molar-refractivity contribution is 8.18. The monoisotopic (exact) mass is 418 g/mol. The lowest BCUT2D eigenvalue weighted by Gasteiger charge is -2.14. The van der Waals surface area contributed by atoms with Crippen molar-refractivity contribution in [3.63, 3.8) is 0 Å². The first kappa shape index (κ1) is 19.8. The summed E-state index contributed by atoms with van der Waals surface area (Å²) in [5.74, 6) is -0.718. The van der Waals surface area contributed by atoms with Crippen molar-refractivity contribution in [2.75, 3.05) is 19.0 Å². The Morgan fingerprint density at radius 1 is 1.29 bits per heavy atom. The molecule has 3 amide bonds. The fraction of sp³-hybridized carbons (Fsp3) is 0.105. The smallest absolute Gasteiger partial charge is 0.294 e. The third-order valence-corrected chi connectivity index (χ3v) is 5.04. The number of ether oxygens (including phenoxy) is 1. The van der Waals surface area contributed by atoms with E-state index in [9.17, 15) is 19.5 Å². The van der Waals surface area contributed by atoms with Crippen LogP contribution < -0.4 is 10.1 Å². The highest BCUT2D eigenvalue weighted by atomic mass is 35.5. The van der Waals surface area contributed by atoms with Crippen LogP contribution in [0.2, 0.25) is 5.02 Å². The number of aromatic hydroxyl groups is 1. The Kier molecular flexibility index (Phi) is 5.91. The van der Waals surface area contributed by atoms with Crippen molar-refractivity contribution in [1.29, 1.82) is 0 Å². The van der Waals surface area contributed by atoms with E-state index in [2.05, 4.69) is 5.32 Å². The predicted octanol–water partition coefficient (Wildman–Crippen LogP) is 3.73.